The zero-order chi connectivity index (χ0) is 7.49. The van der Waals surface area contributed by atoms with Gasteiger partial charge in [0.05, 0.1) is 0 Å². The number of halogens is 4. The standard InChI is InChI=1S/C2F3IO3/c3-2(4,5)1(7)9-6-8. The molecule has 0 aromatic heterocycles. The second-order valence-corrected chi connectivity index (χ2v) is 1.73. The molecule has 0 rings (SSSR count). The fraction of sp³-hybridized carbons (Fsp3) is 0.500. The van der Waals surface area contributed by atoms with E-state index in [1.165, 1.54) is 0 Å². The Bertz CT molecular complexity index is 110. The average molecular weight is 256 g/mol. The average Bonchev–Trinajstić information content (AvgIpc) is 1.64. The van der Waals surface area contributed by atoms with E-state index in [0.29, 0.717) is 0 Å². The first kappa shape index (κ1) is 8.95. The summed E-state index contributed by atoms with van der Waals surface area (Å²) in [5, 5.41) is 0. The fourth-order valence-corrected chi connectivity index (χ4v) is 0.485. The minimum absolute atomic E-state index is 2.32. The molecule has 0 amide bonds. The number of carbonyl (C=O) groups excluding carboxylic acids is 1. The summed E-state index contributed by atoms with van der Waals surface area (Å²) < 4.78 is 45.7. The second kappa shape index (κ2) is 3.20. The fourth-order valence-electron chi connectivity index (χ4n) is 0.0723. The molecule has 0 aliphatic heterocycles. The van der Waals surface area contributed by atoms with Crippen molar-refractivity contribution in [1.82, 2.24) is 0 Å². The van der Waals surface area contributed by atoms with Crippen molar-refractivity contribution in [3.05, 3.63) is 0 Å². The summed E-state index contributed by atoms with van der Waals surface area (Å²) >= 11 is -2.32. The van der Waals surface area contributed by atoms with E-state index in [0.717, 1.165) is 0 Å². The lowest BCUT2D eigenvalue weighted by Gasteiger charge is -1.95. The van der Waals surface area contributed by atoms with Crippen LogP contribution >= 0.6 is 0 Å². The third-order valence-corrected chi connectivity index (χ3v) is 0.913. The van der Waals surface area contributed by atoms with E-state index >= 15 is 0 Å². The van der Waals surface area contributed by atoms with Gasteiger partial charge in [-0.3, -0.25) is 0 Å². The van der Waals surface area contributed by atoms with Crippen LogP contribution in [0.15, 0.2) is 0 Å². The summed E-state index contributed by atoms with van der Waals surface area (Å²) in [6, 6.07) is 0. The van der Waals surface area contributed by atoms with Crippen LogP contribution in [0.4, 0.5) is 13.2 Å². The molecule has 0 radical (unpaired) electrons. The van der Waals surface area contributed by atoms with Crippen molar-refractivity contribution in [2.45, 2.75) is 6.18 Å². The van der Waals surface area contributed by atoms with Crippen molar-refractivity contribution in [3.8, 4) is 0 Å². The van der Waals surface area contributed by atoms with Gasteiger partial charge in [-0.1, -0.05) is 0 Å². The molecule has 0 saturated carbocycles. The molecule has 0 spiro atoms. The first-order valence-corrected chi connectivity index (χ1v) is 3.30. The van der Waals surface area contributed by atoms with Gasteiger partial charge in [0, 0.05) is 0 Å². The van der Waals surface area contributed by atoms with E-state index in [1.54, 1.807) is 0 Å². The Balaban J connectivity index is 3.74. The van der Waals surface area contributed by atoms with Gasteiger partial charge in [-0.15, -0.1) is 0 Å². The Hall–Kier alpha value is -0.0500. The van der Waals surface area contributed by atoms with Crippen LogP contribution in [0.2, 0.25) is 0 Å². The van der Waals surface area contributed by atoms with Gasteiger partial charge in [0.25, 0.3) is 0 Å². The van der Waals surface area contributed by atoms with Crippen LogP contribution in [-0.2, 0) is 7.86 Å². The van der Waals surface area contributed by atoms with Crippen LogP contribution in [-0.4, -0.2) is 12.1 Å². The summed E-state index contributed by atoms with van der Waals surface area (Å²) in [5.41, 5.74) is 0. The van der Waals surface area contributed by atoms with Crippen LogP contribution < -0.4 is 25.5 Å². The monoisotopic (exact) mass is 256 g/mol. The van der Waals surface area contributed by atoms with Crippen LogP contribution in [0.25, 0.3) is 0 Å². The minimum Gasteiger partial charge on any atom is -0.558 e. The number of hydrogen-bond acceptors (Lipinski definition) is 3. The lowest BCUT2D eigenvalue weighted by molar-refractivity contribution is -1.26. The molecule has 0 N–H and O–H groups in total. The molecule has 54 valence electrons. The van der Waals surface area contributed by atoms with Gasteiger partial charge in [-0.2, -0.15) is 13.2 Å². The molecular weight excluding hydrogens is 256 g/mol. The molecule has 0 aromatic carbocycles. The maximum Gasteiger partial charge on any atom is 0.518 e. The summed E-state index contributed by atoms with van der Waals surface area (Å²) in [4.78, 5) is 9.54. The van der Waals surface area contributed by atoms with Crippen molar-refractivity contribution in [2.24, 2.45) is 0 Å². The largest absolute Gasteiger partial charge is 0.558 e. The highest BCUT2D eigenvalue weighted by molar-refractivity contribution is 5.74. The van der Waals surface area contributed by atoms with Crippen molar-refractivity contribution < 1.29 is 46.5 Å². The van der Waals surface area contributed by atoms with Gasteiger partial charge in [-0.05, 0) is 0 Å². The lowest BCUT2D eigenvalue weighted by atomic mass is 10.7. The summed E-state index contributed by atoms with van der Waals surface area (Å²) in [5.74, 6) is -2.40. The number of rotatable bonds is 1. The number of alkyl halides is 3. The molecule has 0 aliphatic rings. The zero-order valence-electron chi connectivity index (χ0n) is 3.74. The molecule has 0 unspecified atom stereocenters. The van der Waals surface area contributed by atoms with Crippen LogP contribution in [0.1, 0.15) is 0 Å². The molecule has 0 fully saturated rings. The minimum atomic E-state index is -5.02. The van der Waals surface area contributed by atoms with Gasteiger partial charge in [0.2, 0.25) is 0 Å². The van der Waals surface area contributed by atoms with Crippen LogP contribution in [0.5, 0.6) is 0 Å². The summed E-state index contributed by atoms with van der Waals surface area (Å²) in [6.45, 7) is 0. The van der Waals surface area contributed by atoms with E-state index in [9.17, 15) is 21.4 Å². The first-order chi connectivity index (χ1) is 3.98. The SMILES string of the molecule is O=C(O[I+][O-])C(F)(F)F. The third-order valence-electron chi connectivity index (χ3n) is 0.333. The molecule has 7 heteroatoms. The van der Waals surface area contributed by atoms with Crippen LogP contribution in [0, 0.1) is 0 Å². The lowest BCUT2D eigenvalue weighted by Crippen LogP contribution is -3.70. The smallest absolute Gasteiger partial charge is 0.518 e. The molecule has 0 atom stereocenters. The van der Waals surface area contributed by atoms with Gasteiger partial charge in [0.1, 0.15) is 0 Å². The highest BCUT2D eigenvalue weighted by Crippen LogP contribution is 2.14. The van der Waals surface area contributed by atoms with Crippen molar-refractivity contribution >= 4 is 5.97 Å². The van der Waals surface area contributed by atoms with Gasteiger partial charge in [-0.25, -0.2) is 7.86 Å². The predicted octanol–water partition coefficient (Wildman–Crippen LogP) is -3.63. The van der Waals surface area contributed by atoms with E-state index in [-0.39, 0.29) is 0 Å². The van der Waals surface area contributed by atoms with Crippen molar-refractivity contribution in [1.29, 1.82) is 0 Å². The molecule has 0 aromatic rings. The molecule has 0 saturated heterocycles. The Morgan fingerprint density at radius 3 is 2.11 bits per heavy atom. The quantitative estimate of drug-likeness (QED) is 0.455. The number of carbonyl (C=O) groups is 1. The second-order valence-electron chi connectivity index (χ2n) is 0.925. The molecule has 0 aliphatic carbocycles. The highest BCUT2D eigenvalue weighted by Gasteiger charge is 2.44. The number of hydrogen-bond donors (Lipinski definition) is 0. The van der Waals surface area contributed by atoms with Gasteiger partial charge >= 0.3 is 34.2 Å². The highest BCUT2D eigenvalue weighted by atomic mass is 127. The Kier molecular flexibility index (Phi) is 3.18. The van der Waals surface area contributed by atoms with Gasteiger partial charge < -0.3 is 3.44 Å². The molecular formula is C2F3IO3. The normalized spacial score (nSPS) is 11.1. The molecule has 9 heavy (non-hydrogen) atoms. The topological polar surface area (TPSA) is 49.4 Å². The van der Waals surface area contributed by atoms with Gasteiger partial charge in [0.15, 0.2) is 0 Å². The Morgan fingerprint density at radius 1 is 1.56 bits per heavy atom. The third kappa shape index (κ3) is 3.51. The molecule has 3 nitrogen and oxygen atoms in total. The maximum absolute atomic E-state index is 11.0. The van der Waals surface area contributed by atoms with Crippen molar-refractivity contribution in [3.63, 3.8) is 0 Å². The van der Waals surface area contributed by atoms with E-state index in [1.807, 2.05) is 0 Å². The summed E-state index contributed by atoms with van der Waals surface area (Å²) in [6.07, 6.45) is -5.02. The Morgan fingerprint density at radius 2 is 2.00 bits per heavy atom. The molecule has 0 heterocycles. The summed E-state index contributed by atoms with van der Waals surface area (Å²) in [7, 11) is 0. The zero-order valence-corrected chi connectivity index (χ0v) is 5.89. The van der Waals surface area contributed by atoms with Crippen molar-refractivity contribution in [2.75, 3.05) is 0 Å². The molecule has 0 bridgehead atoms. The maximum atomic E-state index is 11.0. The van der Waals surface area contributed by atoms with Crippen LogP contribution in [0.3, 0.4) is 0 Å². The van der Waals surface area contributed by atoms with E-state index in [4.69, 9.17) is 0 Å². The Labute approximate surface area is 59.2 Å². The van der Waals surface area contributed by atoms with E-state index in [2.05, 4.69) is 3.07 Å². The predicted molar refractivity (Wildman–Crippen MR) is 12.1 cm³/mol. The van der Waals surface area contributed by atoms with E-state index < -0.39 is 34.2 Å². The first-order valence-electron chi connectivity index (χ1n) is 1.53.